The van der Waals surface area contributed by atoms with Gasteiger partial charge in [-0.2, -0.15) is 0 Å². The third kappa shape index (κ3) is 5.53. The number of benzene rings is 2. The summed E-state index contributed by atoms with van der Waals surface area (Å²) in [6.07, 6.45) is 0.205. The Bertz CT molecular complexity index is 706. The molecule has 6 nitrogen and oxygen atoms in total. The van der Waals surface area contributed by atoms with Gasteiger partial charge in [0.25, 0.3) is 0 Å². The first-order valence-electron chi connectivity index (χ1n) is 7.72. The summed E-state index contributed by atoms with van der Waals surface area (Å²) >= 11 is 0. The summed E-state index contributed by atoms with van der Waals surface area (Å²) in [4.78, 5) is 24.1. The van der Waals surface area contributed by atoms with Crippen LogP contribution in [0.4, 0.5) is 0 Å². The standard InChI is InChI=1S/C19H20O6/c1-23-16-7-9-17(10-8-16)25-19(22)14(12-18(21)24-2)11-13-3-5-15(20)6-4-13/h3-10,14,20H,11-12H2,1-2H3. The van der Waals surface area contributed by atoms with E-state index in [-0.39, 0.29) is 12.2 Å². The van der Waals surface area contributed by atoms with Crippen molar-refractivity contribution in [3.8, 4) is 17.2 Å². The van der Waals surface area contributed by atoms with Crippen molar-refractivity contribution in [1.82, 2.24) is 0 Å². The van der Waals surface area contributed by atoms with E-state index in [1.165, 1.54) is 19.2 Å². The van der Waals surface area contributed by atoms with Crippen LogP contribution in [0.25, 0.3) is 0 Å². The zero-order chi connectivity index (χ0) is 18.2. The van der Waals surface area contributed by atoms with Gasteiger partial charge in [0.1, 0.15) is 17.2 Å². The number of methoxy groups -OCH3 is 2. The van der Waals surface area contributed by atoms with Crippen LogP contribution in [-0.2, 0) is 20.7 Å². The lowest BCUT2D eigenvalue weighted by Crippen LogP contribution is -2.25. The molecule has 0 radical (unpaired) electrons. The Morgan fingerprint density at radius 2 is 1.56 bits per heavy atom. The summed E-state index contributed by atoms with van der Waals surface area (Å²) in [7, 11) is 2.82. The molecule has 2 aromatic carbocycles. The first kappa shape index (κ1) is 18.3. The smallest absolute Gasteiger partial charge is 0.315 e. The predicted octanol–water partition coefficient (Wildman–Crippen LogP) is 2.73. The van der Waals surface area contributed by atoms with E-state index in [1.807, 2.05) is 0 Å². The minimum Gasteiger partial charge on any atom is -0.508 e. The number of rotatable bonds is 7. The van der Waals surface area contributed by atoms with E-state index in [0.717, 1.165) is 5.56 Å². The van der Waals surface area contributed by atoms with Gasteiger partial charge in [-0.15, -0.1) is 0 Å². The molecule has 0 aliphatic carbocycles. The highest BCUT2D eigenvalue weighted by Crippen LogP contribution is 2.21. The molecule has 0 heterocycles. The summed E-state index contributed by atoms with van der Waals surface area (Å²) in [5.74, 6) is -0.561. The molecule has 0 aliphatic heterocycles. The molecule has 0 saturated carbocycles. The number of carbonyl (C=O) groups excluding carboxylic acids is 2. The van der Waals surface area contributed by atoms with E-state index in [0.29, 0.717) is 17.9 Å². The Hall–Kier alpha value is -3.02. The van der Waals surface area contributed by atoms with Crippen molar-refractivity contribution in [1.29, 1.82) is 0 Å². The van der Waals surface area contributed by atoms with E-state index in [1.54, 1.807) is 43.5 Å². The molecule has 0 fully saturated rings. The van der Waals surface area contributed by atoms with Crippen LogP contribution in [0.3, 0.4) is 0 Å². The molecular weight excluding hydrogens is 324 g/mol. The van der Waals surface area contributed by atoms with E-state index in [4.69, 9.17) is 9.47 Å². The Labute approximate surface area is 146 Å². The molecule has 0 aliphatic rings. The van der Waals surface area contributed by atoms with Gasteiger partial charge in [-0.05, 0) is 48.4 Å². The number of hydrogen-bond acceptors (Lipinski definition) is 6. The molecule has 0 spiro atoms. The average Bonchev–Trinajstić information content (AvgIpc) is 2.63. The van der Waals surface area contributed by atoms with Crippen molar-refractivity contribution in [3.63, 3.8) is 0 Å². The minimum atomic E-state index is -0.695. The van der Waals surface area contributed by atoms with Gasteiger partial charge in [-0.25, -0.2) is 0 Å². The normalized spacial score (nSPS) is 11.4. The van der Waals surface area contributed by atoms with Gasteiger partial charge >= 0.3 is 11.9 Å². The lowest BCUT2D eigenvalue weighted by Gasteiger charge is -2.15. The predicted molar refractivity (Wildman–Crippen MR) is 90.6 cm³/mol. The van der Waals surface area contributed by atoms with Crippen molar-refractivity contribution in [2.24, 2.45) is 5.92 Å². The molecule has 132 valence electrons. The summed E-state index contributed by atoms with van der Waals surface area (Å²) < 4.78 is 15.1. The van der Waals surface area contributed by atoms with Gasteiger partial charge in [0.15, 0.2) is 0 Å². The van der Waals surface area contributed by atoms with Crippen LogP contribution >= 0.6 is 0 Å². The molecular formula is C19H20O6. The molecule has 1 atom stereocenters. The fraction of sp³-hybridized carbons (Fsp3) is 0.263. The molecule has 0 aromatic heterocycles. The Morgan fingerprint density at radius 1 is 0.960 bits per heavy atom. The van der Waals surface area contributed by atoms with Gasteiger partial charge in [0.05, 0.1) is 26.6 Å². The molecule has 0 bridgehead atoms. The summed E-state index contributed by atoms with van der Waals surface area (Å²) in [6, 6.07) is 13.0. The van der Waals surface area contributed by atoms with E-state index in [9.17, 15) is 14.7 Å². The fourth-order valence-electron chi connectivity index (χ4n) is 2.28. The van der Waals surface area contributed by atoms with Crippen molar-refractivity contribution in [2.75, 3.05) is 14.2 Å². The van der Waals surface area contributed by atoms with Crippen LogP contribution < -0.4 is 9.47 Å². The molecule has 25 heavy (non-hydrogen) atoms. The first-order chi connectivity index (χ1) is 12.0. The Balaban J connectivity index is 2.10. The summed E-state index contributed by atoms with van der Waals surface area (Å²) in [6.45, 7) is 0. The highest BCUT2D eigenvalue weighted by Gasteiger charge is 2.25. The summed E-state index contributed by atoms with van der Waals surface area (Å²) in [5.41, 5.74) is 0.804. The number of esters is 2. The third-order valence-electron chi connectivity index (χ3n) is 3.67. The molecule has 1 N–H and O–H groups in total. The second-order valence-corrected chi connectivity index (χ2v) is 5.44. The number of hydrogen-bond donors (Lipinski definition) is 1. The molecule has 0 saturated heterocycles. The topological polar surface area (TPSA) is 82.1 Å². The van der Waals surface area contributed by atoms with Crippen LogP contribution in [-0.4, -0.2) is 31.3 Å². The summed E-state index contributed by atoms with van der Waals surface area (Å²) in [5, 5.41) is 9.35. The van der Waals surface area contributed by atoms with Crippen LogP contribution in [0.1, 0.15) is 12.0 Å². The molecule has 6 heteroatoms. The van der Waals surface area contributed by atoms with Crippen molar-refractivity contribution >= 4 is 11.9 Å². The second kappa shape index (κ2) is 8.73. The number of aromatic hydroxyl groups is 1. The third-order valence-corrected chi connectivity index (χ3v) is 3.67. The maximum Gasteiger partial charge on any atom is 0.315 e. The number of phenols is 1. The van der Waals surface area contributed by atoms with Crippen molar-refractivity contribution in [2.45, 2.75) is 12.8 Å². The maximum absolute atomic E-state index is 12.5. The zero-order valence-corrected chi connectivity index (χ0v) is 14.1. The lowest BCUT2D eigenvalue weighted by molar-refractivity contribution is -0.148. The SMILES string of the molecule is COC(=O)CC(Cc1ccc(O)cc1)C(=O)Oc1ccc(OC)cc1. The highest BCUT2D eigenvalue weighted by molar-refractivity contribution is 5.81. The Kier molecular flexibility index (Phi) is 6.39. The van der Waals surface area contributed by atoms with Gasteiger partial charge < -0.3 is 19.3 Å². The molecule has 1 unspecified atom stereocenters. The fourth-order valence-corrected chi connectivity index (χ4v) is 2.28. The number of carbonyl (C=O) groups is 2. The molecule has 2 aromatic rings. The quantitative estimate of drug-likeness (QED) is 0.614. The number of phenolic OH excluding ortho intramolecular Hbond substituents is 1. The molecule has 2 rings (SSSR count). The van der Waals surface area contributed by atoms with Crippen LogP contribution in [0.15, 0.2) is 48.5 Å². The van der Waals surface area contributed by atoms with Crippen LogP contribution in [0, 0.1) is 5.92 Å². The average molecular weight is 344 g/mol. The zero-order valence-electron chi connectivity index (χ0n) is 14.1. The maximum atomic E-state index is 12.5. The largest absolute Gasteiger partial charge is 0.508 e. The number of ether oxygens (including phenoxy) is 3. The van der Waals surface area contributed by atoms with Gasteiger partial charge in [-0.1, -0.05) is 12.1 Å². The minimum absolute atomic E-state index is 0.0909. The second-order valence-electron chi connectivity index (χ2n) is 5.44. The van der Waals surface area contributed by atoms with Gasteiger partial charge in [0, 0.05) is 0 Å². The van der Waals surface area contributed by atoms with Crippen molar-refractivity contribution < 1.29 is 28.9 Å². The van der Waals surface area contributed by atoms with E-state index in [2.05, 4.69) is 4.74 Å². The lowest BCUT2D eigenvalue weighted by atomic mass is 9.96. The van der Waals surface area contributed by atoms with Crippen LogP contribution in [0.5, 0.6) is 17.2 Å². The van der Waals surface area contributed by atoms with Crippen molar-refractivity contribution in [3.05, 3.63) is 54.1 Å². The van der Waals surface area contributed by atoms with Crippen LogP contribution in [0.2, 0.25) is 0 Å². The highest BCUT2D eigenvalue weighted by atomic mass is 16.5. The van der Waals surface area contributed by atoms with E-state index < -0.39 is 17.9 Å². The monoisotopic (exact) mass is 344 g/mol. The first-order valence-corrected chi connectivity index (χ1v) is 7.72. The van der Waals surface area contributed by atoms with Gasteiger partial charge in [0.2, 0.25) is 0 Å². The molecule has 0 amide bonds. The van der Waals surface area contributed by atoms with Gasteiger partial charge in [-0.3, -0.25) is 9.59 Å². The Morgan fingerprint density at radius 3 is 2.12 bits per heavy atom. The van der Waals surface area contributed by atoms with E-state index >= 15 is 0 Å².